The van der Waals surface area contributed by atoms with Crippen LogP contribution in [0.25, 0.3) is 5.70 Å². The van der Waals surface area contributed by atoms with Gasteiger partial charge in [-0.25, -0.2) is 13.4 Å². The Kier molecular flexibility index (Phi) is 6.78. The lowest BCUT2D eigenvalue weighted by atomic mass is 10.2. The number of benzene rings is 1. The van der Waals surface area contributed by atoms with Crippen LogP contribution in [0.5, 0.6) is 11.8 Å². The molecule has 148 valence electrons. The molecule has 2 aromatic rings. The molecule has 0 saturated carbocycles. The first-order valence-electron chi connectivity index (χ1n) is 8.12. The lowest BCUT2D eigenvalue weighted by molar-refractivity contribution is 0.364. The van der Waals surface area contributed by atoms with E-state index >= 15 is 0 Å². The van der Waals surface area contributed by atoms with Crippen molar-refractivity contribution < 1.29 is 17.9 Å². The van der Waals surface area contributed by atoms with Crippen LogP contribution in [-0.2, 0) is 9.84 Å². The fourth-order valence-electron chi connectivity index (χ4n) is 2.30. The van der Waals surface area contributed by atoms with Gasteiger partial charge < -0.3 is 20.5 Å². The number of aromatic nitrogens is 1. The number of hydrogen-bond donors (Lipinski definition) is 2. The molecule has 0 saturated heterocycles. The average molecular weight is 402 g/mol. The number of hydrogen-bond acceptors (Lipinski definition) is 6. The highest BCUT2D eigenvalue weighted by atomic mass is 32.2. The van der Waals surface area contributed by atoms with Crippen molar-refractivity contribution >= 4 is 27.2 Å². The largest absolute Gasteiger partial charge is 0.481 e. The zero-order valence-electron chi connectivity index (χ0n) is 15.8. The number of nitrogens with two attached hydrogens (primary N) is 1. The molecule has 1 aromatic carbocycles. The number of nitrogens with one attached hydrogen (secondary N) is 1. The van der Waals surface area contributed by atoms with Crippen molar-refractivity contribution in [2.24, 2.45) is 10.7 Å². The summed E-state index contributed by atoms with van der Waals surface area (Å²) in [5.74, 6) is 0.755. The van der Waals surface area contributed by atoms with Crippen LogP contribution in [0.1, 0.15) is 5.56 Å². The summed E-state index contributed by atoms with van der Waals surface area (Å²) >= 11 is 0. The van der Waals surface area contributed by atoms with E-state index in [9.17, 15) is 8.42 Å². The fraction of sp³-hybridized carbons (Fsp3) is 0.158. The van der Waals surface area contributed by atoms with Crippen LogP contribution in [-0.4, -0.2) is 39.8 Å². The Morgan fingerprint density at radius 1 is 1.25 bits per heavy atom. The quantitative estimate of drug-likeness (QED) is 0.415. The van der Waals surface area contributed by atoms with Crippen LogP contribution in [0.15, 0.2) is 65.0 Å². The van der Waals surface area contributed by atoms with Crippen LogP contribution >= 0.6 is 0 Å². The lowest BCUT2D eigenvalue weighted by Crippen LogP contribution is -2.22. The number of allylic oxidation sites excluding steroid dienone is 2. The zero-order valence-corrected chi connectivity index (χ0v) is 16.7. The second kappa shape index (κ2) is 9.05. The minimum atomic E-state index is -3.33. The highest BCUT2D eigenvalue weighted by Crippen LogP contribution is 2.28. The number of guanidine groups is 1. The molecule has 0 amide bonds. The summed E-state index contributed by atoms with van der Waals surface area (Å²) < 4.78 is 33.8. The SMILES string of the molecule is C=C/C=C(\N=C(N)Nc1cccc(S(C)(=O)=O)c1)c1ccc(OC)nc1OC. The van der Waals surface area contributed by atoms with Gasteiger partial charge in [0, 0.05) is 18.0 Å². The molecule has 0 unspecified atom stereocenters. The molecule has 28 heavy (non-hydrogen) atoms. The molecule has 0 aliphatic carbocycles. The number of nitrogens with zero attached hydrogens (tertiary/aromatic N) is 2. The van der Waals surface area contributed by atoms with Gasteiger partial charge in [-0.15, -0.1) is 0 Å². The number of rotatable bonds is 7. The monoisotopic (exact) mass is 402 g/mol. The first-order valence-corrected chi connectivity index (χ1v) is 10.0. The average Bonchev–Trinajstić information content (AvgIpc) is 2.66. The first-order chi connectivity index (χ1) is 13.3. The Morgan fingerprint density at radius 3 is 2.61 bits per heavy atom. The number of methoxy groups -OCH3 is 2. The molecule has 0 bridgehead atoms. The van der Waals surface area contributed by atoms with E-state index in [0.29, 0.717) is 28.7 Å². The van der Waals surface area contributed by atoms with Crippen molar-refractivity contribution in [2.45, 2.75) is 4.90 Å². The minimum absolute atomic E-state index is 0.0524. The third-order valence-electron chi connectivity index (χ3n) is 3.56. The lowest BCUT2D eigenvalue weighted by Gasteiger charge is -2.11. The number of anilines is 1. The molecule has 0 radical (unpaired) electrons. The predicted octanol–water partition coefficient (Wildman–Crippen LogP) is 2.46. The third kappa shape index (κ3) is 5.34. The van der Waals surface area contributed by atoms with Crippen molar-refractivity contribution in [2.75, 3.05) is 25.8 Å². The van der Waals surface area contributed by atoms with E-state index in [1.165, 1.54) is 26.4 Å². The smallest absolute Gasteiger partial charge is 0.225 e. The molecule has 0 atom stereocenters. The van der Waals surface area contributed by atoms with E-state index in [-0.39, 0.29) is 10.9 Å². The van der Waals surface area contributed by atoms with E-state index in [0.717, 1.165) is 6.26 Å². The van der Waals surface area contributed by atoms with Gasteiger partial charge in [0.25, 0.3) is 0 Å². The zero-order chi connectivity index (χ0) is 20.7. The van der Waals surface area contributed by atoms with Gasteiger partial charge >= 0.3 is 0 Å². The standard InChI is InChI=1S/C19H22N4O4S/c1-5-7-16(15-10-11-17(26-2)23-18(15)27-3)22-19(20)21-13-8-6-9-14(12-13)28(4,24)25/h5-12H,1H2,2-4H3,(H3,20,21,22)/b16-7-. The third-order valence-corrected chi connectivity index (χ3v) is 4.67. The second-order valence-corrected chi connectivity index (χ2v) is 7.64. The maximum absolute atomic E-state index is 11.7. The Balaban J connectivity index is 2.37. The Morgan fingerprint density at radius 2 is 2.00 bits per heavy atom. The molecule has 1 aromatic heterocycles. The summed E-state index contributed by atoms with van der Waals surface area (Å²) in [4.78, 5) is 8.75. The molecular formula is C19H22N4O4S. The van der Waals surface area contributed by atoms with Crippen molar-refractivity contribution in [1.82, 2.24) is 4.98 Å². The molecule has 0 spiro atoms. The number of aliphatic imine (C=N–C) groups is 1. The Bertz CT molecular complexity index is 1030. The molecule has 2 rings (SSSR count). The van der Waals surface area contributed by atoms with Gasteiger partial charge in [-0.3, -0.25) is 0 Å². The molecule has 9 heteroatoms. The molecule has 8 nitrogen and oxygen atoms in total. The summed E-state index contributed by atoms with van der Waals surface area (Å²) in [5.41, 5.74) is 7.53. The van der Waals surface area contributed by atoms with Gasteiger partial charge in [0.15, 0.2) is 15.8 Å². The summed E-state index contributed by atoms with van der Waals surface area (Å²) in [5, 5.41) is 2.88. The van der Waals surface area contributed by atoms with Gasteiger partial charge in [-0.2, -0.15) is 4.98 Å². The summed E-state index contributed by atoms with van der Waals surface area (Å²) in [6.07, 6.45) is 4.34. The van der Waals surface area contributed by atoms with Crippen LogP contribution in [0.3, 0.4) is 0 Å². The van der Waals surface area contributed by atoms with Crippen LogP contribution < -0.4 is 20.5 Å². The molecule has 0 aliphatic rings. The maximum atomic E-state index is 11.7. The maximum Gasteiger partial charge on any atom is 0.225 e. The molecule has 0 aliphatic heterocycles. The topological polar surface area (TPSA) is 116 Å². The highest BCUT2D eigenvalue weighted by Gasteiger charge is 2.12. The van der Waals surface area contributed by atoms with E-state index < -0.39 is 9.84 Å². The first kappa shape index (κ1) is 21.0. The van der Waals surface area contributed by atoms with Crippen molar-refractivity contribution in [1.29, 1.82) is 0 Å². The molecule has 0 fully saturated rings. The number of ether oxygens (including phenoxy) is 2. The number of sulfone groups is 1. The van der Waals surface area contributed by atoms with Gasteiger partial charge in [0.2, 0.25) is 11.8 Å². The summed E-state index contributed by atoms with van der Waals surface area (Å²) in [6.45, 7) is 3.69. The van der Waals surface area contributed by atoms with Crippen molar-refractivity contribution in [3.63, 3.8) is 0 Å². The van der Waals surface area contributed by atoms with Crippen LogP contribution in [0, 0.1) is 0 Å². The predicted molar refractivity (Wildman–Crippen MR) is 110 cm³/mol. The Hall–Kier alpha value is -3.33. The van der Waals surface area contributed by atoms with Crippen molar-refractivity contribution in [3.8, 4) is 11.8 Å². The van der Waals surface area contributed by atoms with E-state index in [1.807, 2.05) is 0 Å². The van der Waals surface area contributed by atoms with Gasteiger partial charge in [0.05, 0.1) is 30.4 Å². The summed E-state index contributed by atoms with van der Waals surface area (Å²) in [7, 11) is -0.342. The van der Waals surface area contributed by atoms with E-state index in [2.05, 4.69) is 21.9 Å². The highest BCUT2D eigenvalue weighted by molar-refractivity contribution is 7.90. The van der Waals surface area contributed by atoms with E-state index in [4.69, 9.17) is 15.2 Å². The van der Waals surface area contributed by atoms with Crippen LogP contribution in [0.4, 0.5) is 5.69 Å². The summed E-state index contributed by atoms with van der Waals surface area (Å²) in [6, 6.07) is 9.69. The van der Waals surface area contributed by atoms with Crippen LogP contribution in [0.2, 0.25) is 0 Å². The van der Waals surface area contributed by atoms with Gasteiger partial charge in [-0.1, -0.05) is 18.7 Å². The van der Waals surface area contributed by atoms with Gasteiger partial charge in [0.1, 0.15) is 0 Å². The Labute approximate surface area is 164 Å². The second-order valence-electron chi connectivity index (χ2n) is 5.62. The normalized spacial score (nSPS) is 12.4. The molecular weight excluding hydrogens is 380 g/mol. The molecule has 3 N–H and O–H groups in total. The van der Waals surface area contributed by atoms with Gasteiger partial charge in [-0.05, 0) is 30.3 Å². The number of pyridine rings is 1. The van der Waals surface area contributed by atoms with E-state index in [1.54, 1.807) is 36.4 Å². The minimum Gasteiger partial charge on any atom is -0.481 e. The van der Waals surface area contributed by atoms with Crippen molar-refractivity contribution in [3.05, 3.63) is 60.7 Å². The fourth-order valence-corrected chi connectivity index (χ4v) is 2.96. The molecule has 1 heterocycles.